The Morgan fingerprint density at radius 3 is 2.63 bits per heavy atom. The Bertz CT molecular complexity index is 1080. The van der Waals surface area contributed by atoms with E-state index >= 15 is 0 Å². The maximum absolute atomic E-state index is 13.5. The number of carbonyl (C=O) groups excluding carboxylic acids is 2. The third kappa shape index (κ3) is 4.32. The molecule has 7 nitrogen and oxygen atoms in total. The van der Waals surface area contributed by atoms with Gasteiger partial charge in [0.05, 0.1) is 22.3 Å². The summed E-state index contributed by atoms with van der Waals surface area (Å²) >= 11 is 1.02. The SMILES string of the molecule is Cn1c(SCC(=O)NC(=O)Nc2ccccc2F)nc2ccccc2c1=O. The number of fused-ring (bicyclic) bond motifs is 1. The predicted octanol–water partition coefficient (Wildman–Crippen LogP) is 2.51. The van der Waals surface area contributed by atoms with Crippen LogP contribution in [0.3, 0.4) is 0 Å². The zero-order valence-corrected chi connectivity index (χ0v) is 15.0. The van der Waals surface area contributed by atoms with E-state index in [0.29, 0.717) is 16.1 Å². The van der Waals surface area contributed by atoms with Gasteiger partial charge in [0.15, 0.2) is 5.16 Å². The highest BCUT2D eigenvalue weighted by atomic mass is 32.2. The summed E-state index contributed by atoms with van der Waals surface area (Å²) in [5.74, 6) is -1.34. The van der Waals surface area contributed by atoms with E-state index < -0.39 is 17.8 Å². The van der Waals surface area contributed by atoms with E-state index in [1.807, 2.05) is 0 Å². The van der Waals surface area contributed by atoms with Crippen molar-refractivity contribution in [2.45, 2.75) is 5.16 Å². The van der Waals surface area contributed by atoms with Crippen LogP contribution in [0.1, 0.15) is 0 Å². The van der Waals surface area contributed by atoms with Crippen molar-refractivity contribution in [1.29, 1.82) is 0 Å². The van der Waals surface area contributed by atoms with Crippen LogP contribution in [0.4, 0.5) is 14.9 Å². The number of amides is 3. The number of anilines is 1. The van der Waals surface area contributed by atoms with Gasteiger partial charge in [-0.15, -0.1) is 0 Å². The largest absolute Gasteiger partial charge is 0.325 e. The molecule has 0 unspecified atom stereocenters. The van der Waals surface area contributed by atoms with Crippen LogP contribution < -0.4 is 16.2 Å². The summed E-state index contributed by atoms with van der Waals surface area (Å²) in [5, 5.41) is 5.20. The summed E-state index contributed by atoms with van der Waals surface area (Å²) in [6.45, 7) is 0. The molecular formula is C18H15FN4O3S. The van der Waals surface area contributed by atoms with Gasteiger partial charge in [0.2, 0.25) is 5.91 Å². The van der Waals surface area contributed by atoms with Crippen molar-refractivity contribution in [3.05, 3.63) is 64.7 Å². The van der Waals surface area contributed by atoms with Crippen LogP contribution in [0.2, 0.25) is 0 Å². The number of aromatic nitrogens is 2. The molecule has 138 valence electrons. The number of thioether (sulfide) groups is 1. The van der Waals surface area contributed by atoms with E-state index in [4.69, 9.17) is 0 Å². The van der Waals surface area contributed by atoms with Gasteiger partial charge in [0.1, 0.15) is 5.82 Å². The average Bonchev–Trinajstić information content (AvgIpc) is 2.65. The number of rotatable bonds is 4. The third-order valence-electron chi connectivity index (χ3n) is 3.65. The molecule has 0 atom stereocenters. The molecule has 3 amide bonds. The Morgan fingerprint density at radius 1 is 1.15 bits per heavy atom. The van der Waals surface area contributed by atoms with E-state index in [2.05, 4.69) is 15.6 Å². The molecule has 1 aromatic heterocycles. The van der Waals surface area contributed by atoms with Crippen molar-refractivity contribution in [1.82, 2.24) is 14.9 Å². The van der Waals surface area contributed by atoms with Crippen molar-refractivity contribution in [2.75, 3.05) is 11.1 Å². The van der Waals surface area contributed by atoms with Crippen molar-refractivity contribution in [2.24, 2.45) is 7.05 Å². The Morgan fingerprint density at radius 2 is 1.85 bits per heavy atom. The molecule has 0 bridgehead atoms. The maximum atomic E-state index is 13.5. The molecule has 3 rings (SSSR count). The van der Waals surface area contributed by atoms with Crippen LogP contribution in [0.25, 0.3) is 10.9 Å². The number of carbonyl (C=O) groups is 2. The highest BCUT2D eigenvalue weighted by molar-refractivity contribution is 7.99. The number of benzene rings is 2. The number of hydrogen-bond acceptors (Lipinski definition) is 5. The molecule has 0 saturated heterocycles. The Labute approximate surface area is 157 Å². The molecule has 0 aliphatic rings. The van der Waals surface area contributed by atoms with Gasteiger partial charge in [-0.05, 0) is 24.3 Å². The molecule has 2 aromatic carbocycles. The first kappa shape index (κ1) is 18.6. The lowest BCUT2D eigenvalue weighted by atomic mass is 10.2. The number of urea groups is 1. The van der Waals surface area contributed by atoms with E-state index in [1.54, 1.807) is 37.4 Å². The summed E-state index contributed by atoms with van der Waals surface area (Å²) in [6, 6.07) is 11.7. The molecule has 0 aliphatic heterocycles. The molecule has 0 radical (unpaired) electrons. The van der Waals surface area contributed by atoms with Gasteiger partial charge in [0.25, 0.3) is 5.56 Å². The van der Waals surface area contributed by atoms with E-state index in [0.717, 1.165) is 11.8 Å². The normalized spacial score (nSPS) is 10.6. The first-order valence-electron chi connectivity index (χ1n) is 7.89. The topological polar surface area (TPSA) is 93.1 Å². The highest BCUT2D eigenvalue weighted by Gasteiger charge is 2.13. The zero-order valence-electron chi connectivity index (χ0n) is 14.2. The number of nitrogens with zero attached hydrogens (tertiary/aromatic N) is 2. The summed E-state index contributed by atoms with van der Waals surface area (Å²) in [4.78, 5) is 40.4. The molecular weight excluding hydrogens is 371 g/mol. The zero-order chi connectivity index (χ0) is 19.4. The Balaban J connectivity index is 1.63. The van der Waals surface area contributed by atoms with Gasteiger partial charge < -0.3 is 5.32 Å². The van der Waals surface area contributed by atoms with Gasteiger partial charge in [-0.3, -0.25) is 19.5 Å². The van der Waals surface area contributed by atoms with Crippen molar-refractivity contribution < 1.29 is 14.0 Å². The lowest BCUT2D eigenvalue weighted by Crippen LogP contribution is -2.35. The van der Waals surface area contributed by atoms with Gasteiger partial charge >= 0.3 is 6.03 Å². The first-order valence-corrected chi connectivity index (χ1v) is 8.88. The smallest absolute Gasteiger partial charge is 0.305 e. The number of imide groups is 1. The molecule has 0 saturated carbocycles. The minimum atomic E-state index is -0.842. The minimum absolute atomic E-state index is 0.0333. The van der Waals surface area contributed by atoms with E-state index in [-0.39, 0.29) is 17.0 Å². The van der Waals surface area contributed by atoms with Crippen LogP contribution in [-0.2, 0) is 11.8 Å². The standard InChI is InChI=1S/C18H15FN4O3S/c1-23-16(25)11-6-2-4-8-13(11)21-18(23)27-10-15(24)22-17(26)20-14-9-5-3-7-12(14)19/h2-9H,10H2,1H3,(H2,20,22,24,26). The van der Waals surface area contributed by atoms with Crippen LogP contribution in [-0.4, -0.2) is 27.2 Å². The van der Waals surface area contributed by atoms with Crippen LogP contribution in [0, 0.1) is 5.82 Å². The first-order chi connectivity index (χ1) is 13.0. The molecule has 0 fully saturated rings. The predicted molar refractivity (Wildman–Crippen MR) is 101 cm³/mol. The van der Waals surface area contributed by atoms with Crippen LogP contribution >= 0.6 is 11.8 Å². The second-order valence-corrected chi connectivity index (χ2v) is 6.49. The third-order valence-corrected chi connectivity index (χ3v) is 4.68. The van der Waals surface area contributed by atoms with Crippen LogP contribution in [0.15, 0.2) is 58.5 Å². The molecule has 1 heterocycles. The lowest BCUT2D eigenvalue weighted by Gasteiger charge is -2.09. The monoisotopic (exact) mass is 386 g/mol. The fourth-order valence-corrected chi connectivity index (χ4v) is 3.11. The fourth-order valence-electron chi connectivity index (χ4n) is 2.34. The second kappa shape index (κ2) is 8.00. The molecule has 2 N–H and O–H groups in total. The molecule has 3 aromatic rings. The quantitative estimate of drug-likeness (QED) is 0.531. The number of para-hydroxylation sites is 2. The van der Waals surface area contributed by atoms with E-state index in [9.17, 15) is 18.8 Å². The van der Waals surface area contributed by atoms with Crippen molar-refractivity contribution in [3.8, 4) is 0 Å². The lowest BCUT2D eigenvalue weighted by molar-refractivity contribution is -0.117. The Hall–Kier alpha value is -3.20. The van der Waals surface area contributed by atoms with Gasteiger partial charge in [0, 0.05) is 7.05 Å². The van der Waals surface area contributed by atoms with Gasteiger partial charge in [-0.25, -0.2) is 14.2 Å². The Kier molecular flexibility index (Phi) is 5.51. The number of nitrogens with one attached hydrogen (secondary N) is 2. The second-order valence-electron chi connectivity index (χ2n) is 5.55. The highest BCUT2D eigenvalue weighted by Crippen LogP contribution is 2.16. The molecule has 9 heteroatoms. The summed E-state index contributed by atoms with van der Waals surface area (Å²) in [7, 11) is 1.56. The molecule has 0 aliphatic carbocycles. The number of halogens is 1. The van der Waals surface area contributed by atoms with Crippen LogP contribution in [0.5, 0.6) is 0 Å². The van der Waals surface area contributed by atoms with E-state index in [1.165, 1.54) is 22.8 Å². The maximum Gasteiger partial charge on any atom is 0.325 e. The van der Waals surface area contributed by atoms with Crippen molar-refractivity contribution in [3.63, 3.8) is 0 Å². The fraction of sp³-hybridized carbons (Fsp3) is 0.111. The molecule has 0 spiro atoms. The van der Waals surface area contributed by atoms with Crippen molar-refractivity contribution >= 4 is 40.3 Å². The van der Waals surface area contributed by atoms with Gasteiger partial charge in [-0.2, -0.15) is 0 Å². The summed E-state index contributed by atoms with van der Waals surface area (Å²) in [6.07, 6.45) is 0. The summed E-state index contributed by atoms with van der Waals surface area (Å²) in [5.41, 5.74) is 0.274. The number of hydrogen-bond donors (Lipinski definition) is 2. The average molecular weight is 386 g/mol. The molecule has 27 heavy (non-hydrogen) atoms. The van der Waals surface area contributed by atoms with Gasteiger partial charge in [-0.1, -0.05) is 36.0 Å². The summed E-state index contributed by atoms with van der Waals surface area (Å²) < 4.78 is 14.8. The minimum Gasteiger partial charge on any atom is -0.305 e.